The molecule has 0 atom stereocenters. The van der Waals surface area contributed by atoms with Crippen LogP contribution >= 0.6 is 11.3 Å². The third kappa shape index (κ3) is 6.24. The molecule has 0 aliphatic carbocycles. The van der Waals surface area contributed by atoms with Crippen LogP contribution in [-0.4, -0.2) is 37.7 Å². The molecule has 0 spiro atoms. The van der Waals surface area contributed by atoms with Crippen LogP contribution in [0.1, 0.15) is 16.3 Å². The standard InChI is InChI=1S/C22H23N3O4S2/c1-16-23-19(15-30-16)14-29-20-6-4-5-17(13-20)7-12-22(26)24-18-8-10-21(11-9-18)31(27,28)25(2)3/h4-13,15H,14H2,1-3H3,(H,24,26)/b12-7+. The average Bonchev–Trinajstić information content (AvgIpc) is 3.16. The van der Waals surface area contributed by atoms with Gasteiger partial charge in [-0.05, 0) is 55.0 Å². The number of nitrogens with one attached hydrogen (secondary N) is 1. The number of carbonyl (C=O) groups is 1. The van der Waals surface area contributed by atoms with Gasteiger partial charge in [0.15, 0.2) is 0 Å². The topological polar surface area (TPSA) is 88.6 Å². The van der Waals surface area contributed by atoms with Gasteiger partial charge in [-0.1, -0.05) is 12.1 Å². The smallest absolute Gasteiger partial charge is 0.248 e. The highest BCUT2D eigenvalue weighted by Crippen LogP contribution is 2.18. The molecule has 3 rings (SSSR count). The zero-order valence-electron chi connectivity index (χ0n) is 17.4. The summed E-state index contributed by atoms with van der Waals surface area (Å²) in [4.78, 5) is 16.7. The number of nitrogens with zero attached hydrogens (tertiary/aromatic N) is 2. The molecule has 9 heteroatoms. The molecular formula is C22H23N3O4S2. The maximum atomic E-state index is 12.2. The number of rotatable bonds is 8. The first-order chi connectivity index (χ1) is 14.7. The second kappa shape index (κ2) is 9.86. The van der Waals surface area contributed by atoms with Gasteiger partial charge in [0.05, 0.1) is 15.6 Å². The monoisotopic (exact) mass is 457 g/mol. The fourth-order valence-electron chi connectivity index (χ4n) is 2.62. The van der Waals surface area contributed by atoms with Crippen LogP contribution in [0.25, 0.3) is 6.08 Å². The van der Waals surface area contributed by atoms with Gasteiger partial charge in [0, 0.05) is 31.2 Å². The summed E-state index contributed by atoms with van der Waals surface area (Å²) < 4.78 is 31.1. The molecule has 1 N–H and O–H groups in total. The summed E-state index contributed by atoms with van der Waals surface area (Å²) in [5, 5.41) is 5.67. The summed E-state index contributed by atoms with van der Waals surface area (Å²) >= 11 is 1.58. The van der Waals surface area contributed by atoms with E-state index >= 15 is 0 Å². The Morgan fingerprint density at radius 2 is 1.94 bits per heavy atom. The highest BCUT2D eigenvalue weighted by molar-refractivity contribution is 7.89. The number of benzene rings is 2. The van der Waals surface area contributed by atoms with E-state index in [1.165, 1.54) is 32.3 Å². The van der Waals surface area contributed by atoms with Gasteiger partial charge in [-0.15, -0.1) is 11.3 Å². The van der Waals surface area contributed by atoms with E-state index in [4.69, 9.17) is 4.74 Å². The summed E-state index contributed by atoms with van der Waals surface area (Å²) in [7, 11) is -0.566. The summed E-state index contributed by atoms with van der Waals surface area (Å²) in [6, 6.07) is 13.4. The molecule has 7 nitrogen and oxygen atoms in total. The van der Waals surface area contributed by atoms with Crippen LogP contribution in [0.4, 0.5) is 5.69 Å². The molecule has 0 radical (unpaired) electrons. The first-order valence-corrected chi connectivity index (χ1v) is 11.7. The molecule has 3 aromatic rings. The number of ether oxygens (including phenoxy) is 1. The van der Waals surface area contributed by atoms with E-state index < -0.39 is 10.0 Å². The quantitative estimate of drug-likeness (QED) is 0.518. The number of carbonyl (C=O) groups excluding carboxylic acids is 1. The van der Waals surface area contributed by atoms with Crippen molar-refractivity contribution >= 4 is 39.0 Å². The Balaban J connectivity index is 1.58. The average molecular weight is 458 g/mol. The van der Waals surface area contributed by atoms with Crippen molar-refractivity contribution in [2.24, 2.45) is 0 Å². The van der Waals surface area contributed by atoms with Gasteiger partial charge in [-0.25, -0.2) is 17.7 Å². The number of anilines is 1. The van der Waals surface area contributed by atoms with Gasteiger partial charge >= 0.3 is 0 Å². The van der Waals surface area contributed by atoms with Crippen LogP contribution in [0.15, 0.2) is 64.9 Å². The Morgan fingerprint density at radius 1 is 1.19 bits per heavy atom. The number of hydrogen-bond donors (Lipinski definition) is 1. The van der Waals surface area contributed by atoms with Crippen molar-refractivity contribution < 1.29 is 17.9 Å². The summed E-state index contributed by atoms with van der Waals surface area (Å²) in [5.74, 6) is 0.360. The van der Waals surface area contributed by atoms with Crippen molar-refractivity contribution in [1.82, 2.24) is 9.29 Å². The van der Waals surface area contributed by atoms with Crippen LogP contribution in [-0.2, 0) is 21.4 Å². The number of hydrogen-bond acceptors (Lipinski definition) is 6. The molecule has 0 saturated carbocycles. The molecule has 0 saturated heterocycles. The molecule has 2 aromatic carbocycles. The lowest BCUT2D eigenvalue weighted by atomic mass is 10.2. The van der Waals surface area contributed by atoms with Crippen molar-refractivity contribution in [3.05, 3.63) is 76.3 Å². The minimum Gasteiger partial charge on any atom is -0.487 e. The summed E-state index contributed by atoms with van der Waals surface area (Å²) in [6.07, 6.45) is 3.09. The molecular weight excluding hydrogens is 434 g/mol. The first kappa shape index (κ1) is 22.7. The van der Waals surface area contributed by atoms with Gasteiger partial charge in [0.2, 0.25) is 15.9 Å². The Bertz CT molecular complexity index is 1180. The molecule has 1 aromatic heterocycles. The number of thiazole rings is 1. The van der Waals surface area contributed by atoms with Crippen LogP contribution in [0.2, 0.25) is 0 Å². The predicted octanol–water partition coefficient (Wildman–Crippen LogP) is 3.93. The first-order valence-electron chi connectivity index (χ1n) is 9.39. The number of sulfonamides is 1. The second-order valence-electron chi connectivity index (χ2n) is 6.85. The van der Waals surface area contributed by atoms with Crippen molar-refractivity contribution in [2.75, 3.05) is 19.4 Å². The van der Waals surface area contributed by atoms with Crippen molar-refractivity contribution in [2.45, 2.75) is 18.4 Å². The lowest BCUT2D eigenvalue weighted by molar-refractivity contribution is -0.111. The molecule has 1 amide bonds. The second-order valence-corrected chi connectivity index (χ2v) is 10.1. The summed E-state index contributed by atoms with van der Waals surface area (Å²) in [6.45, 7) is 2.34. The third-order valence-corrected chi connectivity index (χ3v) is 6.89. The molecule has 0 unspecified atom stereocenters. The predicted molar refractivity (Wildman–Crippen MR) is 123 cm³/mol. The SMILES string of the molecule is Cc1nc(COc2cccc(/C=C/C(=O)Nc3ccc(S(=O)(=O)N(C)C)cc3)c2)cs1. The van der Waals surface area contributed by atoms with Crippen molar-refractivity contribution in [3.63, 3.8) is 0 Å². The maximum absolute atomic E-state index is 12.2. The molecule has 162 valence electrons. The molecule has 1 heterocycles. The Labute approximate surface area is 186 Å². The Kier molecular flexibility index (Phi) is 7.21. The Morgan fingerprint density at radius 3 is 2.58 bits per heavy atom. The van der Waals surface area contributed by atoms with Crippen LogP contribution in [0, 0.1) is 6.92 Å². The van der Waals surface area contributed by atoms with Crippen LogP contribution in [0.3, 0.4) is 0 Å². The fourth-order valence-corrected chi connectivity index (χ4v) is 4.12. The van der Waals surface area contributed by atoms with E-state index in [2.05, 4.69) is 10.3 Å². The molecule has 0 fully saturated rings. The van der Waals surface area contributed by atoms with E-state index in [1.807, 2.05) is 36.6 Å². The zero-order valence-corrected chi connectivity index (χ0v) is 19.0. The van der Waals surface area contributed by atoms with Gasteiger partial charge in [-0.3, -0.25) is 4.79 Å². The highest BCUT2D eigenvalue weighted by Gasteiger charge is 2.16. The number of aryl methyl sites for hydroxylation is 1. The van der Waals surface area contributed by atoms with E-state index in [9.17, 15) is 13.2 Å². The molecule has 31 heavy (non-hydrogen) atoms. The lowest BCUT2D eigenvalue weighted by Crippen LogP contribution is -2.22. The third-order valence-electron chi connectivity index (χ3n) is 4.24. The van der Waals surface area contributed by atoms with Crippen molar-refractivity contribution in [1.29, 1.82) is 0 Å². The van der Waals surface area contributed by atoms with Gasteiger partial charge < -0.3 is 10.1 Å². The van der Waals surface area contributed by atoms with Crippen LogP contribution in [0.5, 0.6) is 5.75 Å². The van der Waals surface area contributed by atoms with Crippen LogP contribution < -0.4 is 10.1 Å². The lowest BCUT2D eigenvalue weighted by Gasteiger charge is -2.11. The van der Waals surface area contributed by atoms with Gasteiger partial charge in [0.25, 0.3) is 0 Å². The van der Waals surface area contributed by atoms with E-state index in [-0.39, 0.29) is 10.8 Å². The van der Waals surface area contributed by atoms with Gasteiger partial charge in [-0.2, -0.15) is 0 Å². The summed E-state index contributed by atoms with van der Waals surface area (Å²) in [5.41, 5.74) is 2.20. The van der Waals surface area contributed by atoms with E-state index in [1.54, 1.807) is 29.5 Å². The highest BCUT2D eigenvalue weighted by atomic mass is 32.2. The van der Waals surface area contributed by atoms with Crippen molar-refractivity contribution in [3.8, 4) is 5.75 Å². The van der Waals surface area contributed by atoms with Gasteiger partial charge in [0.1, 0.15) is 12.4 Å². The molecule has 0 aliphatic heterocycles. The minimum atomic E-state index is -3.50. The fraction of sp³-hybridized carbons (Fsp3) is 0.182. The largest absolute Gasteiger partial charge is 0.487 e. The Hall–Kier alpha value is -3.01. The molecule has 0 aliphatic rings. The molecule has 0 bridgehead atoms. The minimum absolute atomic E-state index is 0.163. The number of aromatic nitrogens is 1. The zero-order chi connectivity index (χ0) is 22.4. The van der Waals surface area contributed by atoms with E-state index in [0.29, 0.717) is 18.0 Å². The van der Waals surface area contributed by atoms with E-state index in [0.717, 1.165) is 20.6 Å². The number of amides is 1. The normalized spacial score (nSPS) is 11.7. The maximum Gasteiger partial charge on any atom is 0.248 e.